The van der Waals surface area contributed by atoms with Crippen LogP contribution in [-0.4, -0.2) is 69.8 Å². The molecule has 0 radical (unpaired) electrons. The Bertz CT molecular complexity index is 251. The first-order valence-electron chi connectivity index (χ1n) is 8.36. The molecule has 0 saturated heterocycles. The third kappa shape index (κ3) is 10.1. The average Bonchev–Trinajstić information content (AvgIpc) is 2.64. The predicted molar refractivity (Wildman–Crippen MR) is 121 cm³/mol. The average molecular weight is 451 g/mol. The highest BCUT2D eigenvalue weighted by Gasteiger charge is 2.27. The Balaban J connectivity index is 3.58. The lowest BCUT2D eigenvalue weighted by atomic mass is 10.3. The largest absolute Gasteiger partial charge is 0.358 e. The van der Waals surface area contributed by atoms with Gasteiger partial charge in [-0.3, -0.25) is 0 Å². The van der Waals surface area contributed by atoms with E-state index < -0.39 is 0 Å². The molecule has 0 fully saturated rings. The lowest BCUT2D eigenvalue weighted by Gasteiger charge is -2.29. The van der Waals surface area contributed by atoms with E-state index in [4.69, 9.17) is 18.9 Å². The van der Waals surface area contributed by atoms with Gasteiger partial charge in [0.25, 0.3) is 0 Å². The van der Waals surface area contributed by atoms with Crippen LogP contribution >= 0.6 is 41.2 Å². The maximum atomic E-state index is 5.56. The molecule has 24 heavy (non-hydrogen) atoms. The Morgan fingerprint density at radius 1 is 0.667 bits per heavy atom. The van der Waals surface area contributed by atoms with Crippen molar-refractivity contribution >= 4 is 60.3 Å². The van der Waals surface area contributed by atoms with E-state index in [0.29, 0.717) is 0 Å². The van der Waals surface area contributed by atoms with Crippen molar-refractivity contribution in [1.29, 1.82) is 0 Å². The molecule has 0 aliphatic carbocycles. The predicted octanol–water partition coefficient (Wildman–Crippen LogP) is 3.55. The third-order valence-electron chi connectivity index (χ3n) is 4.26. The fourth-order valence-electron chi connectivity index (χ4n) is 2.41. The lowest BCUT2D eigenvalue weighted by molar-refractivity contribution is -0.148. The highest BCUT2D eigenvalue weighted by Crippen LogP contribution is 2.43. The van der Waals surface area contributed by atoms with Gasteiger partial charge in [-0.25, -0.2) is 0 Å². The van der Waals surface area contributed by atoms with Crippen molar-refractivity contribution < 1.29 is 18.9 Å². The zero-order valence-electron chi connectivity index (χ0n) is 15.9. The molecule has 146 valence electrons. The van der Waals surface area contributed by atoms with E-state index in [1.807, 2.05) is 41.2 Å². The van der Waals surface area contributed by atoms with Crippen LogP contribution in [0.3, 0.4) is 0 Å². The van der Waals surface area contributed by atoms with Gasteiger partial charge in [0.1, 0.15) is 10.8 Å². The van der Waals surface area contributed by atoms with Gasteiger partial charge in [-0.05, 0) is 45.3 Å². The van der Waals surface area contributed by atoms with E-state index >= 15 is 0 Å². The fourth-order valence-corrected chi connectivity index (χ4v) is 10.9. The minimum atomic E-state index is -0.338. The molecule has 0 atom stereocenters. The first-order chi connectivity index (χ1) is 11.6. The summed E-state index contributed by atoms with van der Waals surface area (Å²) in [6.45, 7) is 4.48. The lowest BCUT2D eigenvalue weighted by Crippen LogP contribution is -2.39. The van der Waals surface area contributed by atoms with Crippen molar-refractivity contribution in [3.05, 3.63) is 0 Å². The normalized spacial score (nSPS) is 13.8. The molecule has 0 rings (SSSR count). The summed E-state index contributed by atoms with van der Waals surface area (Å²) >= 11 is 0. The van der Waals surface area contributed by atoms with E-state index in [1.54, 1.807) is 28.4 Å². The van der Waals surface area contributed by atoms with Crippen LogP contribution in [0.15, 0.2) is 0 Å². The highest BCUT2D eigenvalue weighted by molar-refractivity contribution is 9.26. The van der Waals surface area contributed by atoms with Crippen LogP contribution in [0.4, 0.5) is 0 Å². The minimum Gasteiger partial charge on any atom is -0.358 e. The third-order valence-corrected chi connectivity index (χ3v) is 14.9. The van der Waals surface area contributed by atoms with Crippen molar-refractivity contribution in [3.8, 4) is 0 Å². The maximum Gasteiger partial charge on any atom is 0.144 e. The second-order valence-electron chi connectivity index (χ2n) is 5.33. The molecule has 0 aromatic heterocycles. The standard InChI is InChI=1S/C14H34O4S4Si2/c1-15-13(16-2,23-5)9-7-11-19-21-22-20-12-8-10-14(17-3,18-4)24-6/h7-12,23-24H2,1-6H3. The summed E-state index contributed by atoms with van der Waals surface area (Å²) in [4.78, 5) is 0. The quantitative estimate of drug-likeness (QED) is 0.144. The van der Waals surface area contributed by atoms with Crippen molar-refractivity contribution in [2.24, 2.45) is 0 Å². The number of ether oxygens (including phenoxy) is 4. The molecule has 0 heterocycles. The van der Waals surface area contributed by atoms with Gasteiger partial charge in [-0.2, -0.15) is 0 Å². The summed E-state index contributed by atoms with van der Waals surface area (Å²) in [5.41, 5.74) is -0.518. The highest BCUT2D eigenvalue weighted by atomic mass is 33.7. The Morgan fingerprint density at radius 2 is 1.00 bits per heavy atom. The zero-order valence-corrected chi connectivity index (χ0v) is 22.0. The van der Waals surface area contributed by atoms with Gasteiger partial charge in [-0.15, -0.1) is 0 Å². The van der Waals surface area contributed by atoms with Crippen molar-refractivity contribution in [2.45, 2.75) is 49.6 Å². The van der Waals surface area contributed by atoms with Gasteiger partial charge in [0.05, 0.1) is 19.0 Å². The second kappa shape index (κ2) is 15.7. The topological polar surface area (TPSA) is 36.9 Å². The zero-order chi connectivity index (χ0) is 18.3. The van der Waals surface area contributed by atoms with E-state index in [1.165, 1.54) is 0 Å². The van der Waals surface area contributed by atoms with Gasteiger partial charge in [0.15, 0.2) is 0 Å². The first-order valence-corrected chi connectivity index (χ1v) is 17.8. The molecule has 0 aliphatic rings. The molecule has 10 heteroatoms. The molecule has 0 N–H and O–H groups in total. The molecule has 0 unspecified atom stereocenters. The summed E-state index contributed by atoms with van der Waals surface area (Å²) in [5.74, 6) is 2.28. The van der Waals surface area contributed by atoms with Gasteiger partial charge in [0, 0.05) is 39.9 Å². The van der Waals surface area contributed by atoms with E-state index in [-0.39, 0.29) is 29.9 Å². The van der Waals surface area contributed by atoms with E-state index in [0.717, 1.165) is 37.2 Å². The number of rotatable bonds is 17. The van der Waals surface area contributed by atoms with Crippen LogP contribution in [-0.2, 0) is 18.9 Å². The Kier molecular flexibility index (Phi) is 16.8. The van der Waals surface area contributed by atoms with Crippen molar-refractivity contribution in [3.63, 3.8) is 0 Å². The summed E-state index contributed by atoms with van der Waals surface area (Å²) in [6.07, 6.45) is 4.28. The molecule has 0 aromatic carbocycles. The minimum absolute atomic E-state index is 0.259. The number of hydrogen-bond acceptors (Lipinski definition) is 8. The van der Waals surface area contributed by atoms with Gasteiger partial charge < -0.3 is 18.9 Å². The fraction of sp³-hybridized carbons (Fsp3) is 1.00. The molecule has 0 spiro atoms. The van der Waals surface area contributed by atoms with Crippen LogP contribution in [0.2, 0.25) is 13.1 Å². The van der Waals surface area contributed by atoms with Crippen molar-refractivity contribution in [2.75, 3.05) is 39.9 Å². The number of methoxy groups -OCH3 is 4. The molecule has 0 saturated carbocycles. The SMILES string of the molecule is COC(CCCSSSSCCCC(OC)(OC)[SiH2]C)(OC)[SiH2]C. The summed E-state index contributed by atoms with van der Waals surface area (Å²) in [5, 5.41) is 0. The molecule has 0 bridgehead atoms. The van der Waals surface area contributed by atoms with Crippen LogP contribution in [0.25, 0.3) is 0 Å². The Labute approximate surface area is 168 Å². The van der Waals surface area contributed by atoms with Crippen LogP contribution in [0, 0.1) is 0 Å². The van der Waals surface area contributed by atoms with Crippen LogP contribution in [0.1, 0.15) is 25.7 Å². The van der Waals surface area contributed by atoms with Gasteiger partial charge in [-0.1, -0.05) is 34.7 Å². The summed E-state index contributed by atoms with van der Waals surface area (Å²) < 4.78 is 22.2. The van der Waals surface area contributed by atoms with E-state index in [2.05, 4.69) is 13.1 Å². The smallest absolute Gasteiger partial charge is 0.144 e. The first kappa shape index (κ1) is 25.7. The van der Waals surface area contributed by atoms with Crippen LogP contribution < -0.4 is 0 Å². The van der Waals surface area contributed by atoms with E-state index in [9.17, 15) is 0 Å². The Morgan fingerprint density at radius 3 is 1.25 bits per heavy atom. The van der Waals surface area contributed by atoms with Gasteiger partial charge >= 0.3 is 0 Å². The molecular weight excluding hydrogens is 417 g/mol. The summed E-state index contributed by atoms with van der Waals surface area (Å²) in [6, 6.07) is 0. The van der Waals surface area contributed by atoms with Gasteiger partial charge in [0.2, 0.25) is 0 Å². The molecular formula is C14H34O4S4Si2. The Hall–Kier alpha value is 1.67. The molecule has 0 aromatic rings. The van der Waals surface area contributed by atoms with Crippen molar-refractivity contribution in [1.82, 2.24) is 0 Å². The number of hydrogen-bond donors (Lipinski definition) is 0. The molecule has 0 amide bonds. The molecule has 4 nitrogen and oxygen atoms in total. The molecule has 0 aliphatic heterocycles. The maximum absolute atomic E-state index is 5.56. The summed E-state index contributed by atoms with van der Waals surface area (Å²) in [7, 11) is 14.0. The monoisotopic (exact) mass is 450 g/mol. The second-order valence-corrected chi connectivity index (χ2v) is 15.1. The van der Waals surface area contributed by atoms with Crippen LogP contribution in [0.5, 0.6) is 0 Å².